The number of amides is 1. The van der Waals surface area contributed by atoms with E-state index < -0.39 is 0 Å². The molecule has 0 unspecified atom stereocenters. The van der Waals surface area contributed by atoms with Gasteiger partial charge in [-0.1, -0.05) is 6.08 Å². The van der Waals surface area contributed by atoms with Crippen LogP contribution in [0, 0.1) is 5.41 Å². The molecule has 1 fully saturated rings. The molecule has 7 heteroatoms. The first kappa shape index (κ1) is 17.7. The minimum absolute atomic E-state index is 0. The number of nitrogens with zero attached hydrogens (tertiary/aromatic N) is 2. The van der Waals surface area contributed by atoms with Crippen molar-refractivity contribution in [3.63, 3.8) is 0 Å². The summed E-state index contributed by atoms with van der Waals surface area (Å²) in [6.07, 6.45) is 7.99. The fourth-order valence-electron chi connectivity index (χ4n) is 3.36. The van der Waals surface area contributed by atoms with Crippen LogP contribution in [-0.4, -0.2) is 49.8 Å². The number of allylic oxidation sites excluding steroid dienone is 1. The third-order valence-electron chi connectivity index (χ3n) is 4.51. The summed E-state index contributed by atoms with van der Waals surface area (Å²) < 4.78 is 5.10. The van der Waals surface area contributed by atoms with Gasteiger partial charge in [0.25, 0.3) is 0 Å². The Morgan fingerprint density at radius 2 is 2.23 bits per heavy atom. The van der Waals surface area contributed by atoms with Gasteiger partial charge in [-0.2, -0.15) is 0 Å². The number of rotatable bonds is 2. The topological polar surface area (TPSA) is 53.9 Å². The fraction of sp³-hybridized carbons (Fsp3) is 0.600. The van der Waals surface area contributed by atoms with Gasteiger partial charge in [0.1, 0.15) is 0 Å². The van der Waals surface area contributed by atoms with E-state index in [0.717, 1.165) is 32.5 Å². The monoisotopic (exact) mass is 435 g/mol. The van der Waals surface area contributed by atoms with Crippen molar-refractivity contribution in [2.75, 3.05) is 32.5 Å². The molecule has 3 rings (SSSR count). The molecule has 0 aromatic rings. The molecule has 1 saturated heterocycles. The van der Waals surface area contributed by atoms with E-state index in [4.69, 9.17) is 4.74 Å². The highest BCUT2D eigenvalue weighted by atomic mass is 127. The van der Waals surface area contributed by atoms with Crippen molar-refractivity contribution in [1.82, 2.24) is 10.2 Å². The fourth-order valence-corrected chi connectivity index (χ4v) is 4.09. The Kier molecular flexibility index (Phi) is 5.81. The molecule has 0 atom stereocenters. The first-order chi connectivity index (χ1) is 10.2. The van der Waals surface area contributed by atoms with Crippen LogP contribution in [0.5, 0.6) is 0 Å². The highest BCUT2D eigenvalue weighted by molar-refractivity contribution is 14.0. The zero-order chi connectivity index (χ0) is 14.9. The molecule has 122 valence electrons. The Hall–Kier alpha value is -0.700. The van der Waals surface area contributed by atoms with Gasteiger partial charge in [0.2, 0.25) is 0 Å². The summed E-state index contributed by atoms with van der Waals surface area (Å²) in [5.41, 5.74) is 2.70. The number of likely N-dealkylation sites (tertiary alicyclic amines) is 1. The minimum atomic E-state index is -0.187. The predicted octanol–water partition coefficient (Wildman–Crippen LogP) is 2.99. The molecule has 5 nitrogen and oxygen atoms in total. The van der Waals surface area contributed by atoms with Gasteiger partial charge in [-0.3, -0.25) is 4.99 Å². The maximum atomic E-state index is 11.8. The second-order valence-electron chi connectivity index (χ2n) is 5.52. The van der Waals surface area contributed by atoms with E-state index in [2.05, 4.69) is 22.6 Å². The molecule has 1 spiro atoms. The van der Waals surface area contributed by atoms with E-state index in [1.165, 1.54) is 16.2 Å². The number of carbonyl (C=O) groups is 1. The lowest BCUT2D eigenvalue weighted by Crippen LogP contribution is -2.43. The van der Waals surface area contributed by atoms with Gasteiger partial charge < -0.3 is 15.0 Å². The van der Waals surface area contributed by atoms with Crippen LogP contribution >= 0.6 is 35.7 Å². The van der Waals surface area contributed by atoms with Gasteiger partial charge in [-0.05, 0) is 31.6 Å². The molecule has 0 saturated carbocycles. The number of piperidine rings is 1. The van der Waals surface area contributed by atoms with Crippen LogP contribution in [-0.2, 0) is 4.74 Å². The molecule has 0 radical (unpaired) electrons. The number of carbonyl (C=O) groups excluding carboxylic acids is 1. The normalized spacial score (nSPS) is 21.9. The summed E-state index contributed by atoms with van der Waals surface area (Å²) in [6.45, 7) is 4.54. The zero-order valence-electron chi connectivity index (χ0n) is 12.9. The third-order valence-corrected chi connectivity index (χ3v) is 5.27. The number of hydrogen-bond donors (Lipinski definition) is 1. The average molecular weight is 435 g/mol. The van der Waals surface area contributed by atoms with Crippen molar-refractivity contribution in [2.45, 2.75) is 19.8 Å². The van der Waals surface area contributed by atoms with Crippen LogP contribution in [0.2, 0.25) is 0 Å². The minimum Gasteiger partial charge on any atom is -0.450 e. The molecule has 1 N–H and O–H groups in total. The summed E-state index contributed by atoms with van der Waals surface area (Å²) in [5, 5.41) is 3.30. The van der Waals surface area contributed by atoms with Crippen LogP contribution in [0.1, 0.15) is 19.8 Å². The van der Waals surface area contributed by atoms with Gasteiger partial charge in [-0.15, -0.1) is 35.7 Å². The number of halogens is 1. The van der Waals surface area contributed by atoms with Crippen molar-refractivity contribution in [1.29, 1.82) is 0 Å². The van der Waals surface area contributed by atoms with Gasteiger partial charge in [0, 0.05) is 23.4 Å². The molecule has 1 aliphatic carbocycles. The number of fused-ring (bicyclic) bond motifs is 1. The van der Waals surface area contributed by atoms with E-state index in [0.29, 0.717) is 6.61 Å². The second-order valence-corrected chi connectivity index (χ2v) is 6.37. The van der Waals surface area contributed by atoms with Crippen LogP contribution in [0.4, 0.5) is 4.79 Å². The van der Waals surface area contributed by atoms with Crippen molar-refractivity contribution in [3.05, 3.63) is 22.3 Å². The smallest absolute Gasteiger partial charge is 0.409 e. The molecule has 1 amide bonds. The summed E-state index contributed by atoms with van der Waals surface area (Å²) in [4.78, 5) is 19.3. The second kappa shape index (κ2) is 7.25. The predicted molar refractivity (Wildman–Crippen MR) is 101 cm³/mol. The number of hydrogen-bond acceptors (Lipinski definition) is 5. The number of nitrogens with one attached hydrogen (secondary N) is 1. The Morgan fingerprint density at radius 1 is 1.50 bits per heavy atom. The molecule has 3 aliphatic rings. The van der Waals surface area contributed by atoms with Crippen molar-refractivity contribution in [3.8, 4) is 0 Å². The van der Waals surface area contributed by atoms with Gasteiger partial charge in [-0.25, -0.2) is 4.79 Å². The summed E-state index contributed by atoms with van der Waals surface area (Å²) >= 11 is 1.77. The molecule has 22 heavy (non-hydrogen) atoms. The lowest BCUT2D eigenvalue weighted by Gasteiger charge is -2.39. The standard InChI is InChI=1S/C15H21N3O2S.HI/c1-3-20-14(19)18-6-4-15(5-7-18)8-12(21-2)13-11(15)9-16-10-17-13;/h8,10H,3-7,9H2,1-2H3,(H,16,17);1H. The zero-order valence-corrected chi connectivity index (χ0v) is 16.1. The number of aliphatic imine (C=N–C) groups is 1. The Morgan fingerprint density at radius 3 is 2.86 bits per heavy atom. The van der Waals surface area contributed by atoms with Crippen molar-refractivity contribution < 1.29 is 9.53 Å². The number of ether oxygens (including phenoxy) is 1. The lowest BCUT2D eigenvalue weighted by molar-refractivity contribution is 0.0868. The van der Waals surface area contributed by atoms with E-state index in [1.807, 2.05) is 11.8 Å². The molecular formula is C15H22IN3O2S. The van der Waals surface area contributed by atoms with Crippen LogP contribution in [0.25, 0.3) is 0 Å². The average Bonchev–Trinajstić information content (AvgIpc) is 2.83. The van der Waals surface area contributed by atoms with Crippen LogP contribution in [0.3, 0.4) is 0 Å². The van der Waals surface area contributed by atoms with Crippen LogP contribution < -0.4 is 5.32 Å². The Labute approximate surface area is 152 Å². The first-order valence-corrected chi connectivity index (χ1v) is 8.60. The van der Waals surface area contributed by atoms with Crippen molar-refractivity contribution in [2.24, 2.45) is 10.4 Å². The van der Waals surface area contributed by atoms with E-state index in [1.54, 1.807) is 18.1 Å². The molecule has 0 aromatic carbocycles. The third kappa shape index (κ3) is 3.02. The van der Waals surface area contributed by atoms with Gasteiger partial charge in [0.05, 0.1) is 25.2 Å². The molecule has 2 aliphatic heterocycles. The molecular weight excluding hydrogens is 413 g/mol. The van der Waals surface area contributed by atoms with Gasteiger partial charge >= 0.3 is 6.09 Å². The largest absolute Gasteiger partial charge is 0.450 e. The van der Waals surface area contributed by atoms with Crippen LogP contribution in [0.15, 0.2) is 27.2 Å². The van der Waals surface area contributed by atoms with Crippen molar-refractivity contribution >= 4 is 48.2 Å². The summed E-state index contributed by atoms with van der Waals surface area (Å²) in [6, 6.07) is 0. The number of thioether (sulfide) groups is 1. The van der Waals surface area contributed by atoms with Gasteiger partial charge in [0.15, 0.2) is 0 Å². The maximum absolute atomic E-state index is 11.8. The Balaban J connectivity index is 0.00000176. The first-order valence-electron chi connectivity index (χ1n) is 7.37. The summed E-state index contributed by atoms with van der Waals surface area (Å²) in [7, 11) is 0. The Bertz CT molecular complexity index is 537. The highest BCUT2D eigenvalue weighted by Crippen LogP contribution is 2.50. The van der Waals surface area contributed by atoms with E-state index in [-0.39, 0.29) is 35.5 Å². The highest BCUT2D eigenvalue weighted by Gasteiger charge is 2.43. The van der Waals surface area contributed by atoms with E-state index >= 15 is 0 Å². The molecule has 0 bridgehead atoms. The molecule has 0 aromatic heterocycles. The quantitative estimate of drug-likeness (QED) is 0.678. The SMILES string of the molecule is CCOC(=O)N1CCC2(C=C(SC)C3=C2CN=CN3)CC1.I. The lowest BCUT2D eigenvalue weighted by atomic mass is 9.74. The molecule has 2 heterocycles. The maximum Gasteiger partial charge on any atom is 0.409 e. The summed E-state index contributed by atoms with van der Waals surface area (Å²) in [5.74, 6) is 0. The van der Waals surface area contributed by atoms with E-state index in [9.17, 15) is 4.79 Å².